The van der Waals surface area contributed by atoms with Gasteiger partial charge in [0.05, 0.1) is 18.1 Å². The van der Waals surface area contributed by atoms with Crippen molar-refractivity contribution in [3.8, 4) is 22.3 Å². The van der Waals surface area contributed by atoms with Crippen molar-refractivity contribution < 1.29 is 13.3 Å². The molecule has 3 aromatic heterocycles. The van der Waals surface area contributed by atoms with Crippen LogP contribution in [0.15, 0.2) is 41.4 Å². The molecule has 2 N–H and O–H groups in total. The van der Waals surface area contributed by atoms with Gasteiger partial charge in [0.15, 0.2) is 11.5 Å². The topological polar surface area (TPSA) is 92.5 Å². The number of fused-ring (bicyclic) bond motifs is 1. The molecule has 0 bridgehead atoms. The maximum Gasteiger partial charge on any atom is 0.182 e. The predicted molar refractivity (Wildman–Crippen MR) is 130 cm³/mol. The van der Waals surface area contributed by atoms with Gasteiger partial charge in [-0.2, -0.15) is 0 Å². The van der Waals surface area contributed by atoms with Gasteiger partial charge >= 0.3 is 0 Å². The Morgan fingerprint density at radius 2 is 1.71 bits per heavy atom. The summed E-state index contributed by atoms with van der Waals surface area (Å²) in [5, 5.41) is 7.96. The van der Waals surface area contributed by atoms with E-state index in [0.29, 0.717) is 55.7 Å². The lowest BCUT2D eigenvalue weighted by Crippen LogP contribution is -2.11. The zero-order valence-corrected chi connectivity index (χ0v) is 20.1. The highest BCUT2D eigenvalue weighted by Gasteiger charge is 2.26. The van der Waals surface area contributed by atoms with Crippen molar-refractivity contribution in [1.29, 1.82) is 0 Å². The minimum atomic E-state index is -0.682. The summed E-state index contributed by atoms with van der Waals surface area (Å²) in [4.78, 5) is 15.7. The number of nitrogens with one attached hydrogen (secondary N) is 2. The third-order valence-electron chi connectivity index (χ3n) is 6.03. The van der Waals surface area contributed by atoms with Crippen molar-refractivity contribution in [1.82, 2.24) is 25.1 Å². The smallest absolute Gasteiger partial charge is 0.182 e. The van der Waals surface area contributed by atoms with Crippen LogP contribution in [0.5, 0.6) is 0 Å². The summed E-state index contributed by atoms with van der Waals surface area (Å²) < 4.78 is 34.2. The Kier molecular flexibility index (Phi) is 5.72. The fourth-order valence-corrected chi connectivity index (χ4v) is 4.64. The lowest BCUT2D eigenvalue weighted by molar-refractivity contribution is 0.393. The average Bonchev–Trinajstić information content (AvgIpc) is 3.41. The van der Waals surface area contributed by atoms with Gasteiger partial charge in [-0.05, 0) is 73.7 Å². The SMILES string of the molecule is Cc1noc(C)c1-c1c(C)c(Cl)cc(C(C)Nc2ncnc3nc[nH]c23)c1-c1cc(F)cc(F)c1. The second kappa shape index (κ2) is 8.74. The molecule has 1 atom stereocenters. The molecule has 0 aliphatic heterocycles. The number of benzene rings is 2. The van der Waals surface area contributed by atoms with Crippen LogP contribution in [0.25, 0.3) is 33.4 Å². The van der Waals surface area contributed by atoms with Gasteiger partial charge in [0, 0.05) is 16.7 Å². The first-order chi connectivity index (χ1) is 16.7. The van der Waals surface area contributed by atoms with Gasteiger partial charge in [-0.25, -0.2) is 23.7 Å². The summed E-state index contributed by atoms with van der Waals surface area (Å²) in [6.45, 7) is 7.40. The number of nitrogens with zero attached hydrogens (tertiary/aromatic N) is 4. The van der Waals surface area contributed by atoms with Crippen molar-refractivity contribution in [3.05, 3.63) is 76.2 Å². The largest absolute Gasteiger partial charge is 0.362 e. The zero-order chi connectivity index (χ0) is 24.9. The summed E-state index contributed by atoms with van der Waals surface area (Å²) in [6.07, 6.45) is 2.95. The molecule has 5 aromatic rings. The van der Waals surface area contributed by atoms with E-state index in [1.165, 1.54) is 24.8 Å². The standard InChI is InChI=1S/C25H21ClF2N6O/c1-11-19(26)8-18(12(2)33-25-23-24(30-9-29-23)31-10-32-25)22(15-5-16(27)7-17(28)6-15)20(11)21-13(3)34-35-14(21)4/h5-10,12H,1-4H3,(H2,29,30,31,32,33). The molecule has 0 fully saturated rings. The minimum Gasteiger partial charge on any atom is -0.362 e. The maximum atomic E-state index is 14.4. The molecule has 0 saturated carbocycles. The van der Waals surface area contributed by atoms with Gasteiger partial charge in [-0.3, -0.25) is 0 Å². The number of aromatic nitrogens is 5. The number of anilines is 1. The Morgan fingerprint density at radius 1 is 0.971 bits per heavy atom. The number of hydrogen-bond donors (Lipinski definition) is 2. The Balaban J connectivity index is 1.78. The normalized spacial score (nSPS) is 12.3. The fraction of sp³-hybridized carbons (Fsp3) is 0.200. The number of aromatic amines is 1. The monoisotopic (exact) mass is 494 g/mol. The summed E-state index contributed by atoms with van der Waals surface area (Å²) in [5.41, 5.74) is 5.69. The van der Waals surface area contributed by atoms with Crippen molar-refractivity contribution in [2.24, 2.45) is 0 Å². The van der Waals surface area contributed by atoms with E-state index in [-0.39, 0.29) is 6.04 Å². The molecule has 178 valence electrons. The molecule has 35 heavy (non-hydrogen) atoms. The van der Waals surface area contributed by atoms with E-state index in [9.17, 15) is 8.78 Å². The molecular weight excluding hydrogens is 474 g/mol. The van der Waals surface area contributed by atoms with E-state index in [0.717, 1.165) is 17.2 Å². The first-order valence-corrected chi connectivity index (χ1v) is 11.3. The molecule has 0 aliphatic rings. The molecule has 0 radical (unpaired) electrons. The molecule has 2 aromatic carbocycles. The molecule has 7 nitrogen and oxygen atoms in total. The molecular formula is C25H21ClF2N6O. The van der Waals surface area contributed by atoms with E-state index in [4.69, 9.17) is 16.1 Å². The van der Waals surface area contributed by atoms with E-state index < -0.39 is 11.6 Å². The van der Waals surface area contributed by atoms with Crippen molar-refractivity contribution in [2.75, 3.05) is 5.32 Å². The van der Waals surface area contributed by atoms with Crippen LogP contribution in [0.2, 0.25) is 5.02 Å². The van der Waals surface area contributed by atoms with Gasteiger partial charge < -0.3 is 14.8 Å². The maximum absolute atomic E-state index is 14.4. The lowest BCUT2D eigenvalue weighted by Gasteiger charge is -2.24. The van der Waals surface area contributed by atoms with Crippen LogP contribution in [0.3, 0.4) is 0 Å². The van der Waals surface area contributed by atoms with Crippen molar-refractivity contribution in [2.45, 2.75) is 33.7 Å². The Bertz CT molecular complexity index is 1540. The highest BCUT2D eigenvalue weighted by molar-refractivity contribution is 6.32. The Labute approximate surface area is 204 Å². The third-order valence-corrected chi connectivity index (χ3v) is 6.42. The van der Waals surface area contributed by atoms with Gasteiger partial charge in [-0.1, -0.05) is 16.8 Å². The Hall–Kier alpha value is -3.85. The quantitative estimate of drug-likeness (QED) is 0.282. The number of imidazole rings is 1. The molecule has 0 saturated heterocycles. The number of hydrogen-bond acceptors (Lipinski definition) is 6. The van der Waals surface area contributed by atoms with Crippen LogP contribution in [0, 0.1) is 32.4 Å². The van der Waals surface area contributed by atoms with E-state index in [1.807, 2.05) is 20.8 Å². The third kappa shape index (κ3) is 4.01. The van der Waals surface area contributed by atoms with Crippen LogP contribution < -0.4 is 5.32 Å². The summed E-state index contributed by atoms with van der Waals surface area (Å²) in [5.74, 6) is -0.253. The second-order valence-corrected chi connectivity index (χ2v) is 8.78. The Morgan fingerprint density at radius 3 is 2.40 bits per heavy atom. The summed E-state index contributed by atoms with van der Waals surface area (Å²) in [6, 6.07) is 4.89. The molecule has 1 unspecified atom stereocenters. The van der Waals surface area contributed by atoms with Crippen molar-refractivity contribution >= 4 is 28.6 Å². The molecule has 10 heteroatoms. The number of H-pyrrole nitrogens is 1. The predicted octanol–water partition coefficient (Wildman–Crippen LogP) is 6.70. The highest BCUT2D eigenvalue weighted by Crippen LogP contribution is 2.45. The number of aryl methyl sites for hydroxylation is 2. The number of halogens is 3. The van der Waals surface area contributed by atoms with Gasteiger partial charge in [0.1, 0.15) is 29.2 Å². The molecule has 5 rings (SSSR count). The molecule has 0 spiro atoms. The fourth-order valence-electron chi connectivity index (χ4n) is 4.43. The first kappa shape index (κ1) is 22.9. The van der Waals surface area contributed by atoms with Crippen LogP contribution in [0.1, 0.15) is 35.5 Å². The zero-order valence-electron chi connectivity index (χ0n) is 19.4. The molecule has 0 aliphatic carbocycles. The van der Waals surface area contributed by atoms with Crippen LogP contribution in [-0.4, -0.2) is 25.1 Å². The van der Waals surface area contributed by atoms with Crippen LogP contribution in [0.4, 0.5) is 14.6 Å². The van der Waals surface area contributed by atoms with Gasteiger partial charge in [0.25, 0.3) is 0 Å². The van der Waals surface area contributed by atoms with E-state index >= 15 is 0 Å². The van der Waals surface area contributed by atoms with Gasteiger partial charge in [0.2, 0.25) is 0 Å². The molecule has 3 heterocycles. The van der Waals surface area contributed by atoms with Crippen LogP contribution in [-0.2, 0) is 0 Å². The summed E-state index contributed by atoms with van der Waals surface area (Å²) in [7, 11) is 0. The summed E-state index contributed by atoms with van der Waals surface area (Å²) >= 11 is 6.72. The lowest BCUT2D eigenvalue weighted by atomic mass is 9.84. The van der Waals surface area contributed by atoms with Crippen LogP contribution >= 0.6 is 11.6 Å². The average molecular weight is 495 g/mol. The van der Waals surface area contributed by atoms with Crippen molar-refractivity contribution in [3.63, 3.8) is 0 Å². The number of rotatable bonds is 5. The van der Waals surface area contributed by atoms with E-state index in [2.05, 4.69) is 30.4 Å². The van der Waals surface area contributed by atoms with E-state index in [1.54, 1.807) is 13.0 Å². The van der Waals surface area contributed by atoms with Gasteiger partial charge in [-0.15, -0.1) is 0 Å². The minimum absolute atomic E-state index is 0.371. The second-order valence-electron chi connectivity index (χ2n) is 8.37. The highest BCUT2D eigenvalue weighted by atomic mass is 35.5. The first-order valence-electron chi connectivity index (χ1n) is 10.9. The molecule has 0 amide bonds.